The summed E-state index contributed by atoms with van der Waals surface area (Å²) in [5, 5.41) is 20.6. The molecule has 2 N–H and O–H groups in total. The Morgan fingerprint density at radius 3 is 2.76 bits per heavy atom. The summed E-state index contributed by atoms with van der Waals surface area (Å²) < 4.78 is 0. The molecular weight excluding hydrogens is 212 g/mol. The van der Waals surface area contributed by atoms with Crippen LogP contribution in [0.2, 0.25) is 0 Å². The molecule has 2 heteroatoms. The SMILES string of the molecule is C=C[C@@](C)(O)CC[C@H]1C(C)=CC[C@@H](C)[C@@]1(C)O. The lowest BCUT2D eigenvalue weighted by Gasteiger charge is -2.42. The number of hydrogen-bond acceptors (Lipinski definition) is 2. The highest BCUT2D eigenvalue weighted by molar-refractivity contribution is 5.16. The molecule has 0 aromatic carbocycles. The molecular formula is C15H26O2. The summed E-state index contributed by atoms with van der Waals surface area (Å²) in [6.07, 6.45) is 6.16. The molecule has 4 atom stereocenters. The zero-order chi connectivity index (χ0) is 13.3. The van der Waals surface area contributed by atoms with Gasteiger partial charge in [-0.2, -0.15) is 0 Å². The Morgan fingerprint density at radius 2 is 2.24 bits per heavy atom. The van der Waals surface area contributed by atoms with Gasteiger partial charge in [0.15, 0.2) is 0 Å². The molecule has 1 aliphatic rings. The van der Waals surface area contributed by atoms with Crippen LogP contribution in [-0.4, -0.2) is 21.4 Å². The normalized spacial score (nSPS) is 37.2. The second kappa shape index (κ2) is 4.95. The van der Waals surface area contributed by atoms with E-state index < -0.39 is 11.2 Å². The van der Waals surface area contributed by atoms with Crippen LogP contribution < -0.4 is 0 Å². The maximum absolute atomic E-state index is 10.6. The van der Waals surface area contributed by atoms with Gasteiger partial charge in [0.25, 0.3) is 0 Å². The van der Waals surface area contributed by atoms with Gasteiger partial charge in [0.05, 0.1) is 11.2 Å². The first-order chi connectivity index (χ1) is 7.70. The van der Waals surface area contributed by atoms with Gasteiger partial charge in [-0.3, -0.25) is 0 Å². The monoisotopic (exact) mass is 238 g/mol. The van der Waals surface area contributed by atoms with Gasteiger partial charge >= 0.3 is 0 Å². The van der Waals surface area contributed by atoms with Gasteiger partial charge in [-0.05, 0) is 46.0 Å². The van der Waals surface area contributed by atoms with Gasteiger partial charge in [0, 0.05) is 5.92 Å². The predicted molar refractivity (Wildman–Crippen MR) is 71.7 cm³/mol. The van der Waals surface area contributed by atoms with Crippen molar-refractivity contribution >= 4 is 0 Å². The molecule has 0 aromatic rings. The molecule has 0 saturated carbocycles. The van der Waals surface area contributed by atoms with Crippen molar-refractivity contribution in [3.63, 3.8) is 0 Å². The fourth-order valence-electron chi connectivity index (χ4n) is 2.61. The highest BCUT2D eigenvalue weighted by atomic mass is 16.3. The van der Waals surface area contributed by atoms with E-state index >= 15 is 0 Å². The first-order valence-corrected chi connectivity index (χ1v) is 6.45. The first kappa shape index (κ1) is 14.5. The maximum Gasteiger partial charge on any atom is 0.0797 e. The lowest BCUT2D eigenvalue weighted by atomic mass is 9.68. The Morgan fingerprint density at radius 1 is 1.65 bits per heavy atom. The Kier molecular flexibility index (Phi) is 4.21. The molecule has 1 aliphatic carbocycles. The van der Waals surface area contributed by atoms with Crippen LogP contribution in [0.15, 0.2) is 24.3 Å². The van der Waals surface area contributed by atoms with Crippen molar-refractivity contribution in [2.75, 3.05) is 0 Å². The second-order valence-corrected chi connectivity index (χ2v) is 5.96. The predicted octanol–water partition coefficient (Wildman–Crippen LogP) is 3.06. The highest BCUT2D eigenvalue weighted by Gasteiger charge is 2.40. The summed E-state index contributed by atoms with van der Waals surface area (Å²) in [7, 11) is 0. The van der Waals surface area contributed by atoms with Crippen molar-refractivity contribution in [3.05, 3.63) is 24.3 Å². The average Bonchev–Trinajstić information content (AvgIpc) is 2.23. The van der Waals surface area contributed by atoms with Gasteiger partial charge in [0.1, 0.15) is 0 Å². The van der Waals surface area contributed by atoms with Crippen LogP contribution in [0.5, 0.6) is 0 Å². The molecule has 0 heterocycles. The van der Waals surface area contributed by atoms with Crippen LogP contribution in [0, 0.1) is 11.8 Å². The molecule has 0 saturated heterocycles. The largest absolute Gasteiger partial charge is 0.389 e. The lowest BCUT2D eigenvalue weighted by Crippen LogP contribution is -2.44. The van der Waals surface area contributed by atoms with E-state index in [0.29, 0.717) is 6.42 Å². The van der Waals surface area contributed by atoms with Gasteiger partial charge in [0.2, 0.25) is 0 Å². The molecule has 0 aromatic heterocycles. The van der Waals surface area contributed by atoms with Crippen LogP contribution in [0.1, 0.15) is 47.0 Å². The van der Waals surface area contributed by atoms with Crippen molar-refractivity contribution in [2.24, 2.45) is 11.8 Å². The Hall–Kier alpha value is -0.600. The van der Waals surface area contributed by atoms with E-state index in [2.05, 4.69) is 26.5 Å². The number of allylic oxidation sites excluding steroid dienone is 1. The number of hydrogen-bond donors (Lipinski definition) is 2. The van der Waals surface area contributed by atoms with E-state index in [-0.39, 0.29) is 11.8 Å². The maximum atomic E-state index is 10.6. The van der Waals surface area contributed by atoms with E-state index in [4.69, 9.17) is 0 Å². The Balaban J connectivity index is 2.77. The molecule has 2 nitrogen and oxygen atoms in total. The van der Waals surface area contributed by atoms with Crippen LogP contribution in [0.25, 0.3) is 0 Å². The third-order valence-electron chi connectivity index (χ3n) is 4.43. The minimum atomic E-state index is -0.836. The molecule has 17 heavy (non-hydrogen) atoms. The molecule has 0 fully saturated rings. The second-order valence-electron chi connectivity index (χ2n) is 5.96. The van der Waals surface area contributed by atoms with E-state index in [1.807, 2.05) is 6.92 Å². The Bertz CT molecular complexity index is 313. The van der Waals surface area contributed by atoms with Crippen LogP contribution in [-0.2, 0) is 0 Å². The average molecular weight is 238 g/mol. The first-order valence-electron chi connectivity index (χ1n) is 6.45. The van der Waals surface area contributed by atoms with Crippen molar-refractivity contribution in [2.45, 2.75) is 58.2 Å². The van der Waals surface area contributed by atoms with Gasteiger partial charge in [-0.15, -0.1) is 6.58 Å². The number of rotatable bonds is 4. The van der Waals surface area contributed by atoms with Crippen molar-refractivity contribution in [1.29, 1.82) is 0 Å². The molecule has 0 aliphatic heterocycles. The highest BCUT2D eigenvalue weighted by Crippen LogP contribution is 2.41. The quantitative estimate of drug-likeness (QED) is 0.739. The Labute approximate surface area is 105 Å². The molecule has 98 valence electrons. The van der Waals surface area contributed by atoms with Crippen LogP contribution in [0.3, 0.4) is 0 Å². The zero-order valence-electron chi connectivity index (χ0n) is 11.5. The molecule has 0 bridgehead atoms. The topological polar surface area (TPSA) is 40.5 Å². The minimum Gasteiger partial charge on any atom is -0.389 e. The fraction of sp³-hybridized carbons (Fsp3) is 0.733. The summed E-state index contributed by atoms with van der Waals surface area (Å²) in [5.41, 5.74) is -0.263. The molecule has 0 radical (unpaired) electrons. The fourth-order valence-corrected chi connectivity index (χ4v) is 2.61. The summed E-state index contributed by atoms with van der Waals surface area (Å²) in [4.78, 5) is 0. The van der Waals surface area contributed by atoms with Crippen molar-refractivity contribution < 1.29 is 10.2 Å². The van der Waals surface area contributed by atoms with E-state index in [1.54, 1.807) is 13.0 Å². The lowest BCUT2D eigenvalue weighted by molar-refractivity contribution is -0.0487. The summed E-state index contributed by atoms with van der Waals surface area (Å²) in [5.74, 6) is 0.405. The molecule has 0 amide bonds. The summed E-state index contributed by atoms with van der Waals surface area (Å²) in [6.45, 7) is 11.5. The zero-order valence-corrected chi connectivity index (χ0v) is 11.5. The third-order valence-corrected chi connectivity index (χ3v) is 4.43. The molecule has 0 unspecified atom stereocenters. The molecule has 1 rings (SSSR count). The van der Waals surface area contributed by atoms with E-state index in [9.17, 15) is 10.2 Å². The van der Waals surface area contributed by atoms with Crippen LogP contribution >= 0.6 is 0 Å². The van der Waals surface area contributed by atoms with E-state index in [0.717, 1.165) is 12.8 Å². The van der Waals surface area contributed by atoms with Gasteiger partial charge < -0.3 is 10.2 Å². The summed E-state index contributed by atoms with van der Waals surface area (Å²) in [6, 6.07) is 0. The smallest absolute Gasteiger partial charge is 0.0797 e. The van der Waals surface area contributed by atoms with Crippen molar-refractivity contribution in [3.8, 4) is 0 Å². The van der Waals surface area contributed by atoms with Gasteiger partial charge in [-0.1, -0.05) is 24.6 Å². The minimum absolute atomic E-state index is 0.137. The standard InChI is InChI=1S/C15H26O2/c1-6-14(4,16)10-9-13-11(2)7-8-12(3)15(13,5)17/h6-7,12-13,16-17H,1,8-10H2,2-5H3/t12-,13+,14-,15-/m1/s1. The van der Waals surface area contributed by atoms with Crippen LogP contribution in [0.4, 0.5) is 0 Å². The molecule has 0 spiro atoms. The van der Waals surface area contributed by atoms with E-state index in [1.165, 1.54) is 5.57 Å². The summed E-state index contributed by atoms with van der Waals surface area (Å²) >= 11 is 0. The third kappa shape index (κ3) is 3.20. The van der Waals surface area contributed by atoms with Crippen molar-refractivity contribution in [1.82, 2.24) is 0 Å². The number of aliphatic hydroxyl groups is 2. The van der Waals surface area contributed by atoms with Gasteiger partial charge in [-0.25, -0.2) is 0 Å².